The van der Waals surface area contributed by atoms with E-state index in [1.165, 1.54) is 16.9 Å². The van der Waals surface area contributed by atoms with Crippen LogP contribution in [0.3, 0.4) is 0 Å². The molecule has 1 aliphatic heterocycles. The molecule has 0 atom stereocenters. The van der Waals surface area contributed by atoms with Gasteiger partial charge in [-0.15, -0.1) is 11.3 Å². The van der Waals surface area contributed by atoms with Crippen molar-refractivity contribution in [1.29, 1.82) is 5.26 Å². The molecule has 0 bridgehead atoms. The topological polar surface area (TPSA) is 111 Å². The Bertz CT molecular complexity index is 1060. The number of benzene rings is 1. The quantitative estimate of drug-likeness (QED) is 0.564. The van der Waals surface area contributed by atoms with Crippen LogP contribution >= 0.6 is 11.3 Å². The molecule has 3 N–H and O–H groups in total. The van der Waals surface area contributed by atoms with Gasteiger partial charge in [0.05, 0.1) is 17.0 Å². The van der Waals surface area contributed by atoms with E-state index in [4.69, 9.17) is 15.7 Å². The van der Waals surface area contributed by atoms with Crippen molar-refractivity contribution in [3.8, 4) is 11.9 Å². The fraction of sp³-hybridized carbons (Fsp3) is 0.381. The first-order valence-corrected chi connectivity index (χ1v) is 10.9. The van der Waals surface area contributed by atoms with Crippen LogP contribution in [0.25, 0.3) is 10.9 Å². The van der Waals surface area contributed by atoms with Gasteiger partial charge < -0.3 is 20.4 Å². The van der Waals surface area contributed by atoms with Crippen LogP contribution in [0.2, 0.25) is 0 Å². The highest BCUT2D eigenvalue weighted by Gasteiger charge is 2.19. The molecule has 8 nitrogen and oxygen atoms in total. The Kier molecular flexibility index (Phi) is 6.16. The molecule has 3 heterocycles. The van der Waals surface area contributed by atoms with E-state index in [9.17, 15) is 4.79 Å². The highest BCUT2D eigenvalue weighted by Crippen LogP contribution is 2.26. The first-order chi connectivity index (χ1) is 14.6. The number of aromatic nitrogens is 2. The number of fused-ring (bicyclic) bond motifs is 1. The number of nitrogens with two attached hydrogens (primary N) is 1. The number of nitrogens with zero attached hydrogens (tertiary/aromatic N) is 4. The van der Waals surface area contributed by atoms with Gasteiger partial charge in [0.1, 0.15) is 0 Å². The Morgan fingerprint density at radius 3 is 2.90 bits per heavy atom. The Morgan fingerprint density at radius 2 is 2.13 bits per heavy atom. The fourth-order valence-corrected chi connectivity index (χ4v) is 4.60. The van der Waals surface area contributed by atoms with Crippen molar-refractivity contribution >= 4 is 33.5 Å². The van der Waals surface area contributed by atoms with Crippen LogP contribution in [-0.4, -0.2) is 53.7 Å². The molecule has 30 heavy (non-hydrogen) atoms. The molecule has 2 aromatic heterocycles. The summed E-state index contributed by atoms with van der Waals surface area (Å²) >= 11 is 1.46. The molecule has 3 aromatic rings. The van der Waals surface area contributed by atoms with Crippen LogP contribution in [0, 0.1) is 11.3 Å². The van der Waals surface area contributed by atoms with Gasteiger partial charge in [-0.1, -0.05) is 0 Å². The van der Waals surface area contributed by atoms with Crippen molar-refractivity contribution in [2.45, 2.75) is 19.3 Å². The van der Waals surface area contributed by atoms with Crippen LogP contribution in [0.5, 0.6) is 5.88 Å². The summed E-state index contributed by atoms with van der Waals surface area (Å²) in [6, 6.07) is 8.01. The van der Waals surface area contributed by atoms with E-state index in [2.05, 4.69) is 32.0 Å². The molecule has 0 saturated carbocycles. The van der Waals surface area contributed by atoms with E-state index < -0.39 is 6.09 Å². The number of carbonyl (C=O) groups excluding carboxylic acids is 1. The fourth-order valence-electron chi connectivity index (χ4n) is 3.81. The lowest BCUT2D eigenvalue weighted by atomic mass is 10.1. The Balaban J connectivity index is 1.21. The van der Waals surface area contributed by atoms with E-state index in [1.54, 1.807) is 5.38 Å². The van der Waals surface area contributed by atoms with Gasteiger partial charge in [-0.05, 0) is 49.6 Å². The van der Waals surface area contributed by atoms with Gasteiger partial charge in [0.25, 0.3) is 0 Å². The van der Waals surface area contributed by atoms with Crippen molar-refractivity contribution in [3.63, 3.8) is 0 Å². The normalized spacial score (nSPS) is 14.7. The van der Waals surface area contributed by atoms with Gasteiger partial charge in [-0.25, -0.2) is 4.79 Å². The molecule has 0 aliphatic carbocycles. The van der Waals surface area contributed by atoms with Crippen LogP contribution in [0.1, 0.15) is 24.0 Å². The van der Waals surface area contributed by atoms with E-state index in [0.717, 1.165) is 68.0 Å². The van der Waals surface area contributed by atoms with Crippen LogP contribution in [0.4, 0.5) is 9.93 Å². The zero-order valence-corrected chi connectivity index (χ0v) is 17.5. The molecule has 0 unspecified atom stereocenters. The minimum atomic E-state index is -0.838. The van der Waals surface area contributed by atoms with E-state index in [-0.39, 0.29) is 5.88 Å². The number of amides is 1. The zero-order valence-electron chi connectivity index (χ0n) is 16.6. The number of piperazine rings is 1. The number of hydrogen-bond acceptors (Lipinski definition) is 7. The average Bonchev–Trinajstić information content (AvgIpc) is 3.38. The lowest BCUT2D eigenvalue weighted by molar-refractivity contribution is 0.209. The van der Waals surface area contributed by atoms with Gasteiger partial charge in [-0.3, -0.25) is 4.90 Å². The SMILES string of the molecule is N#Cc1ccc2[nH]cc(CCCCN3CCN(c4nc(OC(N)=O)cs4)CC3)c2c1. The van der Waals surface area contributed by atoms with Crippen molar-refractivity contribution in [3.05, 3.63) is 40.9 Å². The number of nitrogens with one attached hydrogen (secondary N) is 1. The van der Waals surface area contributed by atoms with Crippen LogP contribution in [0.15, 0.2) is 29.8 Å². The summed E-state index contributed by atoms with van der Waals surface area (Å²) in [7, 11) is 0. The molecule has 9 heteroatoms. The van der Waals surface area contributed by atoms with Crippen molar-refractivity contribution in [2.24, 2.45) is 5.73 Å². The van der Waals surface area contributed by atoms with Crippen molar-refractivity contribution < 1.29 is 9.53 Å². The molecule has 1 amide bonds. The zero-order chi connectivity index (χ0) is 20.9. The monoisotopic (exact) mass is 424 g/mol. The number of rotatable bonds is 7. The number of unbranched alkanes of at least 4 members (excludes halogenated alkanes) is 1. The second kappa shape index (κ2) is 9.15. The lowest BCUT2D eigenvalue weighted by Crippen LogP contribution is -2.46. The standard InChI is InChI=1S/C21H24N6O2S/c22-12-15-4-5-18-17(11-15)16(13-24-18)3-1-2-6-26-7-9-27(10-8-26)21-25-19(14-30-21)29-20(23)28/h4-5,11,13-14,24H,1-3,6-10H2,(H2,23,28). The minimum Gasteiger partial charge on any atom is -0.390 e. The number of aryl methyl sites for hydroxylation is 1. The maximum atomic E-state index is 10.8. The summed E-state index contributed by atoms with van der Waals surface area (Å²) < 4.78 is 4.83. The first-order valence-electron chi connectivity index (χ1n) is 10.0. The minimum absolute atomic E-state index is 0.268. The smallest absolute Gasteiger partial charge is 0.390 e. The molecule has 1 aliphatic rings. The first kappa shape index (κ1) is 20.2. The van der Waals surface area contributed by atoms with Gasteiger partial charge in [0.2, 0.25) is 5.88 Å². The number of primary amides is 1. The number of H-pyrrole nitrogens is 1. The molecule has 0 spiro atoms. The number of aromatic amines is 1. The largest absolute Gasteiger partial charge is 0.411 e. The second-order valence-electron chi connectivity index (χ2n) is 7.36. The molecule has 1 aromatic carbocycles. The molecule has 1 saturated heterocycles. The molecular formula is C21H24N6O2S. The van der Waals surface area contributed by atoms with Crippen molar-refractivity contribution in [1.82, 2.24) is 14.9 Å². The Labute approximate surface area is 178 Å². The molecule has 156 valence electrons. The van der Waals surface area contributed by atoms with Gasteiger partial charge >= 0.3 is 6.09 Å². The Hall–Kier alpha value is -3.09. The van der Waals surface area contributed by atoms with Gasteiger partial charge in [0, 0.05) is 43.3 Å². The molecule has 4 rings (SSSR count). The summed E-state index contributed by atoms with van der Waals surface area (Å²) in [4.78, 5) is 23.1. The van der Waals surface area contributed by atoms with Crippen LogP contribution in [-0.2, 0) is 6.42 Å². The lowest BCUT2D eigenvalue weighted by Gasteiger charge is -2.34. The number of hydrogen-bond donors (Lipinski definition) is 2. The second-order valence-corrected chi connectivity index (χ2v) is 8.20. The molecule has 0 radical (unpaired) electrons. The third-order valence-electron chi connectivity index (χ3n) is 5.39. The third-order valence-corrected chi connectivity index (χ3v) is 6.27. The van der Waals surface area contributed by atoms with E-state index >= 15 is 0 Å². The summed E-state index contributed by atoms with van der Waals surface area (Å²) in [5, 5.41) is 12.8. The maximum absolute atomic E-state index is 10.8. The molecular weight excluding hydrogens is 400 g/mol. The summed E-state index contributed by atoms with van der Waals surface area (Å²) in [6.07, 6.45) is 4.49. The average molecular weight is 425 g/mol. The van der Waals surface area contributed by atoms with E-state index in [1.807, 2.05) is 18.2 Å². The predicted octanol–water partition coefficient (Wildman–Crippen LogP) is 3.10. The van der Waals surface area contributed by atoms with Crippen LogP contribution < -0.4 is 15.4 Å². The van der Waals surface area contributed by atoms with Gasteiger partial charge in [0.15, 0.2) is 5.13 Å². The highest BCUT2D eigenvalue weighted by atomic mass is 32.1. The highest BCUT2D eigenvalue weighted by molar-refractivity contribution is 7.13. The number of nitriles is 1. The summed E-state index contributed by atoms with van der Waals surface area (Å²) in [5.74, 6) is 0.268. The third kappa shape index (κ3) is 4.72. The predicted molar refractivity (Wildman–Crippen MR) is 117 cm³/mol. The van der Waals surface area contributed by atoms with Crippen molar-refractivity contribution in [2.75, 3.05) is 37.6 Å². The van der Waals surface area contributed by atoms with Gasteiger partial charge in [-0.2, -0.15) is 10.2 Å². The summed E-state index contributed by atoms with van der Waals surface area (Å²) in [5.41, 5.74) is 8.10. The molecule has 1 fully saturated rings. The Morgan fingerprint density at radius 1 is 1.30 bits per heavy atom. The van der Waals surface area contributed by atoms with E-state index in [0.29, 0.717) is 5.56 Å². The number of ether oxygens (including phenoxy) is 1. The number of anilines is 1. The summed E-state index contributed by atoms with van der Waals surface area (Å²) in [6.45, 7) is 4.87. The number of thiazole rings is 1. The maximum Gasteiger partial charge on any atom is 0.411 e. The number of carbonyl (C=O) groups is 1.